The van der Waals surface area contributed by atoms with Crippen molar-refractivity contribution in [1.29, 1.82) is 0 Å². The molecule has 6 nitrogen and oxygen atoms in total. The van der Waals surface area contributed by atoms with E-state index in [1.54, 1.807) is 0 Å². The highest BCUT2D eigenvalue weighted by atomic mass is 32.1. The van der Waals surface area contributed by atoms with Crippen LogP contribution in [0.4, 0.5) is 4.79 Å². The quantitative estimate of drug-likeness (QED) is 0.633. The molecule has 0 unspecified atom stereocenters. The number of amides is 4. The average Bonchev–Trinajstić information content (AvgIpc) is 2.92. The number of carbonyl (C=O) groups excluding carboxylic acids is 3. The number of urea groups is 1. The van der Waals surface area contributed by atoms with Crippen LogP contribution < -0.4 is 0 Å². The van der Waals surface area contributed by atoms with Crippen molar-refractivity contribution in [3.8, 4) is 0 Å². The smallest absolute Gasteiger partial charge is 0.263 e. The van der Waals surface area contributed by atoms with Gasteiger partial charge in [-0.1, -0.05) is 19.3 Å². The van der Waals surface area contributed by atoms with Gasteiger partial charge in [0.15, 0.2) is 0 Å². The minimum atomic E-state index is -0.721. The Balaban J connectivity index is 1.79. The Morgan fingerprint density at radius 3 is 2.36 bits per heavy atom. The second kappa shape index (κ2) is 5.79. The lowest BCUT2D eigenvalue weighted by Gasteiger charge is -2.28. The fourth-order valence-electron chi connectivity index (χ4n) is 3.07. The number of hydrogen-bond donors (Lipinski definition) is 0. The van der Waals surface area contributed by atoms with Crippen molar-refractivity contribution in [1.82, 2.24) is 14.8 Å². The summed E-state index contributed by atoms with van der Waals surface area (Å²) in [6.07, 6.45) is 4.73. The van der Waals surface area contributed by atoms with Crippen molar-refractivity contribution >= 4 is 29.2 Å². The second-order valence-electron chi connectivity index (χ2n) is 5.89. The predicted octanol–water partition coefficient (Wildman–Crippen LogP) is 2.38. The maximum Gasteiger partial charge on any atom is 0.334 e. The third-order valence-corrected chi connectivity index (χ3v) is 5.45. The predicted molar refractivity (Wildman–Crippen MR) is 81.3 cm³/mol. The van der Waals surface area contributed by atoms with Crippen molar-refractivity contribution in [2.24, 2.45) is 0 Å². The molecule has 22 heavy (non-hydrogen) atoms. The van der Waals surface area contributed by atoms with Crippen LogP contribution in [0.25, 0.3) is 0 Å². The first-order valence-corrected chi connectivity index (χ1v) is 8.42. The largest absolute Gasteiger partial charge is 0.334 e. The first-order chi connectivity index (χ1) is 10.5. The van der Waals surface area contributed by atoms with E-state index in [1.807, 2.05) is 13.8 Å². The van der Waals surface area contributed by atoms with Crippen LogP contribution in [-0.4, -0.2) is 38.7 Å². The molecule has 0 radical (unpaired) electrons. The van der Waals surface area contributed by atoms with Gasteiger partial charge in [0.25, 0.3) is 0 Å². The van der Waals surface area contributed by atoms with Crippen molar-refractivity contribution in [3.05, 3.63) is 15.6 Å². The molecule has 1 saturated carbocycles. The molecule has 0 aromatic carbocycles. The number of carbonyl (C=O) groups is 3. The molecule has 0 spiro atoms. The van der Waals surface area contributed by atoms with Crippen LogP contribution in [0, 0.1) is 13.8 Å². The molecular formula is C15H19N3O3S. The number of hydrogen-bond acceptors (Lipinski definition) is 5. The highest BCUT2D eigenvalue weighted by Crippen LogP contribution is 2.28. The Kier molecular flexibility index (Phi) is 3.99. The lowest BCUT2D eigenvalue weighted by atomic mass is 9.94. The molecule has 1 aromatic rings. The van der Waals surface area contributed by atoms with E-state index in [0.717, 1.165) is 47.6 Å². The molecule has 3 rings (SSSR count). The normalized spacial score (nSPS) is 20.4. The molecule has 1 saturated heterocycles. The Morgan fingerprint density at radius 1 is 1.09 bits per heavy atom. The second-order valence-corrected chi connectivity index (χ2v) is 7.18. The SMILES string of the molecule is Cc1nc(CN2C(=O)C(=O)N(C3CCCCC3)C2=O)sc1C. The lowest BCUT2D eigenvalue weighted by molar-refractivity contribution is -0.144. The summed E-state index contributed by atoms with van der Waals surface area (Å²) in [5.74, 6) is -1.40. The van der Waals surface area contributed by atoms with E-state index in [2.05, 4.69) is 4.98 Å². The first kappa shape index (κ1) is 15.1. The van der Waals surface area contributed by atoms with Crippen LogP contribution in [0.15, 0.2) is 0 Å². The summed E-state index contributed by atoms with van der Waals surface area (Å²) in [7, 11) is 0. The van der Waals surface area contributed by atoms with E-state index in [4.69, 9.17) is 0 Å². The summed E-state index contributed by atoms with van der Waals surface area (Å²) in [6, 6.07) is -0.602. The van der Waals surface area contributed by atoms with Gasteiger partial charge in [-0.3, -0.25) is 14.5 Å². The molecule has 1 aromatic heterocycles. The summed E-state index contributed by atoms with van der Waals surface area (Å²) in [4.78, 5) is 44.5. The molecule has 1 aliphatic heterocycles. The minimum absolute atomic E-state index is 0.0893. The highest BCUT2D eigenvalue weighted by molar-refractivity contribution is 7.11. The Morgan fingerprint density at radius 2 is 1.77 bits per heavy atom. The minimum Gasteiger partial charge on any atom is -0.263 e. The summed E-state index contributed by atoms with van der Waals surface area (Å²) in [6.45, 7) is 3.93. The third-order valence-electron chi connectivity index (χ3n) is 4.39. The Labute approximate surface area is 133 Å². The summed E-state index contributed by atoms with van der Waals surface area (Å²) >= 11 is 1.46. The molecule has 2 fully saturated rings. The van der Waals surface area contributed by atoms with Gasteiger partial charge in [-0.25, -0.2) is 14.7 Å². The van der Waals surface area contributed by atoms with Crippen LogP contribution in [0.1, 0.15) is 47.7 Å². The van der Waals surface area contributed by atoms with Crippen molar-refractivity contribution in [2.75, 3.05) is 0 Å². The number of aryl methyl sites for hydroxylation is 2. The zero-order valence-electron chi connectivity index (χ0n) is 12.8. The van der Waals surface area contributed by atoms with E-state index in [9.17, 15) is 14.4 Å². The number of rotatable bonds is 3. The summed E-state index contributed by atoms with van der Waals surface area (Å²) in [5, 5.41) is 0.690. The first-order valence-electron chi connectivity index (χ1n) is 7.61. The lowest BCUT2D eigenvalue weighted by Crippen LogP contribution is -2.42. The van der Waals surface area contributed by atoms with E-state index in [-0.39, 0.29) is 12.6 Å². The van der Waals surface area contributed by atoms with Crippen molar-refractivity contribution in [2.45, 2.75) is 58.5 Å². The van der Waals surface area contributed by atoms with Crippen molar-refractivity contribution in [3.63, 3.8) is 0 Å². The monoisotopic (exact) mass is 321 g/mol. The van der Waals surface area contributed by atoms with E-state index in [1.165, 1.54) is 16.2 Å². The van der Waals surface area contributed by atoms with Crippen LogP contribution in [0.5, 0.6) is 0 Å². The van der Waals surface area contributed by atoms with Crippen molar-refractivity contribution < 1.29 is 14.4 Å². The van der Waals surface area contributed by atoms with Gasteiger partial charge in [0.2, 0.25) is 0 Å². The Hall–Kier alpha value is -1.76. The number of imide groups is 2. The molecule has 0 bridgehead atoms. The highest BCUT2D eigenvalue weighted by Gasteiger charge is 2.47. The van der Waals surface area contributed by atoms with E-state index in [0.29, 0.717) is 5.01 Å². The van der Waals surface area contributed by atoms with Crippen LogP contribution in [0.2, 0.25) is 0 Å². The number of aromatic nitrogens is 1. The standard InChI is InChI=1S/C15H19N3O3S/c1-9-10(2)22-12(16-9)8-17-13(19)14(20)18(15(17)21)11-6-4-3-5-7-11/h11H,3-8H2,1-2H3. The number of thiazole rings is 1. The molecule has 118 valence electrons. The summed E-state index contributed by atoms with van der Waals surface area (Å²) < 4.78 is 0. The van der Waals surface area contributed by atoms with Crippen LogP contribution in [0.3, 0.4) is 0 Å². The number of nitrogens with zero attached hydrogens (tertiary/aromatic N) is 3. The van der Waals surface area contributed by atoms with Gasteiger partial charge in [0.1, 0.15) is 5.01 Å². The van der Waals surface area contributed by atoms with E-state index >= 15 is 0 Å². The van der Waals surface area contributed by atoms with Gasteiger partial charge >= 0.3 is 17.8 Å². The molecular weight excluding hydrogens is 302 g/mol. The molecule has 7 heteroatoms. The van der Waals surface area contributed by atoms with Crippen LogP contribution in [-0.2, 0) is 16.1 Å². The third kappa shape index (κ3) is 2.54. The maximum atomic E-state index is 12.5. The maximum absolute atomic E-state index is 12.5. The zero-order valence-corrected chi connectivity index (χ0v) is 13.6. The van der Waals surface area contributed by atoms with Gasteiger partial charge < -0.3 is 0 Å². The Bertz CT molecular complexity index is 614. The molecule has 2 heterocycles. The van der Waals surface area contributed by atoms with Gasteiger partial charge in [0, 0.05) is 10.9 Å². The average molecular weight is 321 g/mol. The van der Waals surface area contributed by atoms with Gasteiger partial charge in [-0.2, -0.15) is 0 Å². The van der Waals surface area contributed by atoms with Gasteiger partial charge in [-0.15, -0.1) is 11.3 Å². The molecule has 1 aliphatic carbocycles. The van der Waals surface area contributed by atoms with Gasteiger partial charge in [0.05, 0.1) is 12.2 Å². The molecule has 2 aliphatic rings. The fraction of sp³-hybridized carbons (Fsp3) is 0.600. The van der Waals surface area contributed by atoms with E-state index < -0.39 is 17.8 Å². The fourth-order valence-corrected chi connectivity index (χ4v) is 3.99. The molecule has 0 N–H and O–H groups in total. The zero-order chi connectivity index (χ0) is 15.9. The summed E-state index contributed by atoms with van der Waals surface area (Å²) in [5.41, 5.74) is 0.898. The molecule has 0 atom stereocenters. The molecule has 4 amide bonds. The topological polar surface area (TPSA) is 70.6 Å². The van der Waals surface area contributed by atoms with Crippen LogP contribution >= 0.6 is 11.3 Å². The van der Waals surface area contributed by atoms with Gasteiger partial charge in [-0.05, 0) is 26.7 Å².